The van der Waals surface area contributed by atoms with Crippen molar-refractivity contribution in [3.63, 3.8) is 0 Å². The summed E-state index contributed by atoms with van der Waals surface area (Å²) in [5, 5.41) is 5.69. The van der Waals surface area contributed by atoms with Gasteiger partial charge < -0.3 is 15.5 Å². The summed E-state index contributed by atoms with van der Waals surface area (Å²) in [5.41, 5.74) is 0.769. The van der Waals surface area contributed by atoms with E-state index in [-0.39, 0.29) is 23.3 Å². The number of urea groups is 1. The van der Waals surface area contributed by atoms with Crippen LogP contribution >= 0.6 is 0 Å². The third kappa shape index (κ3) is 2.67. The molecular formula is C17H23N3O2. The molecule has 1 saturated carbocycles. The second kappa shape index (κ2) is 5.99. The van der Waals surface area contributed by atoms with Crippen LogP contribution in [0.1, 0.15) is 25.7 Å². The van der Waals surface area contributed by atoms with Crippen molar-refractivity contribution in [2.24, 2.45) is 11.3 Å². The van der Waals surface area contributed by atoms with Gasteiger partial charge in [-0.1, -0.05) is 31.0 Å². The van der Waals surface area contributed by atoms with Crippen LogP contribution in [0, 0.1) is 11.3 Å². The summed E-state index contributed by atoms with van der Waals surface area (Å²) in [6, 6.07) is 9.34. The maximum absolute atomic E-state index is 12.5. The fourth-order valence-corrected chi connectivity index (χ4v) is 3.97. The summed E-state index contributed by atoms with van der Waals surface area (Å²) in [4.78, 5) is 26.5. The Morgan fingerprint density at radius 2 is 1.86 bits per heavy atom. The molecule has 2 N–H and O–H groups in total. The summed E-state index contributed by atoms with van der Waals surface area (Å²) >= 11 is 0. The molecule has 22 heavy (non-hydrogen) atoms. The van der Waals surface area contributed by atoms with Crippen LogP contribution in [0.3, 0.4) is 0 Å². The van der Waals surface area contributed by atoms with E-state index in [0.29, 0.717) is 13.1 Å². The second-order valence-electron chi connectivity index (χ2n) is 6.41. The summed E-state index contributed by atoms with van der Waals surface area (Å²) in [5.74, 6) is -0.0153. The lowest BCUT2D eigenvalue weighted by atomic mass is 9.76. The van der Waals surface area contributed by atoms with E-state index in [1.165, 1.54) is 0 Å². The van der Waals surface area contributed by atoms with Crippen LogP contribution in [0.4, 0.5) is 10.5 Å². The molecule has 0 radical (unpaired) electrons. The summed E-state index contributed by atoms with van der Waals surface area (Å²) < 4.78 is 0. The van der Waals surface area contributed by atoms with Gasteiger partial charge in [-0.05, 0) is 25.0 Å². The van der Waals surface area contributed by atoms with Crippen molar-refractivity contribution >= 4 is 17.6 Å². The van der Waals surface area contributed by atoms with Gasteiger partial charge in [0.2, 0.25) is 5.91 Å². The van der Waals surface area contributed by atoms with Gasteiger partial charge in [0.25, 0.3) is 0 Å². The lowest BCUT2D eigenvalue weighted by molar-refractivity contribution is -0.127. The molecule has 5 nitrogen and oxygen atoms in total. The Hall–Kier alpha value is -2.04. The SMILES string of the molecule is CNC(=O)[C@H]1CN(C(=O)Nc2ccccc2)CC12CCCC2. The molecule has 3 amide bonds. The van der Waals surface area contributed by atoms with E-state index in [1.54, 1.807) is 11.9 Å². The quantitative estimate of drug-likeness (QED) is 0.881. The number of para-hydroxylation sites is 1. The summed E-state index contributed by atoms with van der Waals surface area (Å²) in [6.45, 7) is 1.20. The van der Waals surface area contributed by atoms with Crippen LogP contribution in [0.2, 0.25) is 0 Å². The number of nitrogens with one attached hydrogen (secondary N) is 2. The average molecular weight is 301 g/mol. The van der Waals surface area contributed by atoms with E-state index in [9.17, 15) is 9.59 Å². The van der Waals surface area contributed by atoms with Crippen LogP contribution in [0.15, 0.2) is 30.3 Å². The maximum Gasteiger partial charge on any atom is 0.321 e. The number of carbonyl (C=O) groups is 2. The molecule has 3 rings (SSSR count). The monoisotopic (exact) mass is 301 g/mol. The number of carbonyl (C=O) groups excluding carboxylic acids is 2. The van der Waals surface area contributed by atoms with Gasteiger partial charge in [-0.3, -0.25) is 4.79 Å². The van der Waals surface area contributed by atoms with Gasteiger partial charge in [0, 0.05) is 31.2 Å². The van der Waals surface area contributed by atoms with Crippen molar-refractivity contribution in [1.82, 2.24) is 10.2 Å². The number of anilines is 1. The number of amides is 3. The number of nitrogens with zero attached hydrogens (tertiary/aromatic N) is 1. The van der Waals surface area contributed by atoms with Gasteiger partial charge in [0.05, 0.1) is 5.92 Å². The third-order valence-corrected chi connectivity index (χ3v) is 5.12. The van der Waals surface area contributed by atoms with Crippen molar-refractivity contribution in [2.75, 3.05) is 25.5 Å². The summed E-state index contributed by atoms with van der Waals surface area (Å²) in [7, 11) is 1.68. The zero-order chi connectivity index (χ0) is 15.6. The largest absolute Gasteiger partial charge is 0.359 e. The highest BCUT2D eigenvalue weighted by Crippen LogP contribution is 2.49. The molecular weight excluding hydrogens is 278 g/mol. The van der Waals surface area contributed by atoms with Gasteiger partial charge in [-0.15, -0.1) is 0 Å². The molecule has 1 aliphatic heterocycles. The first-order valence-electron chi connectivity index (χ1n) is 7.97. The summed E-state index contributed by atoms with van der Waals surface area (Å²) in [6.07, 6.45) is 4.39. The highest BCUT2D eigenvalue weighted by molar-refractivity contribution is 5.90. The second-order valence-corrected chi connectivity index (χ2v) is 6.41. The Labute approximate surface area is 131 Å². The number of rotatable bonds is 2. The predicted molar refractivity (Wildman–Crippen MR) is 85.5 cm³/mol. The highest BCUT2D eigenvalue weighted by Gasteiger charge is 2.52. The van der Waals surface area contributed by atoms with Gasteiger partial charge >= 0.3 is 6.03 Å². The smallest absolute Gasteiger partial charge is 0.321 e. The molecule has 2 fully saturated rings. The molecule has 1 spiro atoms. The Morgan fingerprint density at radius 1 is 1.18 bits per heavy atom. The van der Waals surface area contributed by atoms with Crippen LogP contribution in [0.25, 0.3) is 0 Å². The minimum Gasteiger partial charge on any atom is -0.359 e. The average Bonchev–Trinajstić information content (AvgIpc) is 3.16. The molecule has 0 bridgehead atoms. The Morgan fingerprint density at radius 3 is 2.50 bits per heavy atom. The Kier molecular flexibility index (Phi) is 4.05. The molecule has 1 atom stereocenters. The molecule has 0 unspecified atom stereocenters. The lowest BCUT2D eigenvalue weighted by Gasteiger charge is -2.28. The number of likely N-dealkylation sites (tertiary alicyclic amines) is 1. The number of benzene rings is 1. The van der Waals surface area contributed by atoms with Gasteiger partial charge in [-0.2, -0.15) is 0 Å². The molecule has 1 aromatic rings. The van der Waals surface area contributed by atoms with E-state index < -0.39 is 0 Å². The molecule has 0 aromatic heterocycles. The maximum atomic E-state index is 12.5. The van der Waals surface area contributed by atoms with Crippen molar-refractivity contribution < 1.29 is 9.59 Å². The first kappa shape index (κ1) is 14.9. The molecule has 1 aliphatic carbocycles. The number of hydrogen-bond acceptors (Lipinski definition) is 2. The van der Waals surface area contributed by atoms with Gasteiger partial charge in [0.15, 0.2) is 0 Å². The van der Waals surface area contributed by atoms with E-state index in [2.05, 4.69) is 10.6 Å². The fraction of sp³-hybridized carbons (Fsp3) is 0.529. The topological polar surface area (TPSA) is 61.4 Å². The first-order chi connectivity index (χ1) is 10.6. The zero-order valence-corrected chi connectivity index (χ0v) is 13.0. The standard InChI is InChI=1S/C17H23N3O2/c1-18-15(21)14-11-20(12-17(14)9-5-6-10-17)16(22)19-13-7-3-2-4-8-13/h2-4,7-8,14H,5-6,9-12H2,1H3,(H,18,21)(H,19,22)/t14-/m1/s1. The molecule has 1 aromatic carbocycles. The molecule has 118 valence electrons. The number of hydrogen-bond donors (Lipinski definition) is 2. The van der Waals surface area contributed by atoms with Crippen LogP contribution < -0.4 is 10.6 Å². The predicted octanol–water partition coefficient (Wildman–Crippen LogP) is 2.46. The molecule has 2 aliphatic rings. The first-order valence-corrected chi connectivity index (χ1v) is 7.97. The molecule has 1 heterocycles. The van der Waals surface area contributed by atoms with Crippen molar-refractivity contribution in [2.45, 2.75) is 25.7 Å². The highest BCUT2D eigenvalue weighted by atomic mass is 16.2. The van der Waals surface area contributed by atoms with Crippen molar-refractivity contribution in [1.29, 1.82) is 0 Å². The Balaban J connectivity index is 1.73. The van der Waals surface area contributed by atoms with Gasteiger partial charge in [0.1, 0.15) is 0 Å². The third-order valence-electron chi connectivity index (χ3n) is 5.12. The lowest BCUT2D eigenvalue weighted by Crippen LogP contribution is -2.38. The van der Waals surface area contributed by atoms with Crippen LogP contribution in [-0.4, -0.2) is 37.0 Å². The van der Waals surface area contributed by atoms with E-state index >= 15 is 0 Å². The normalized spacial score (nSPS) is 22.8. The molecule has 5 heteroatoms. The Bertz CT molecular complexity index is 552. The van der Waals surface area contributed by atoms with Crippen molar-refractivity contribution in [3.05, 3.63) is 30.3 Å². The fourth-order valence-electron chi connectivity index (χ4n) is 3.97. The minimum atomic E-state index is -0.108. The zero-order valence-electron chi connectivity index (χ0n) is 13.0. The van der Waals surface area contributed by atoms with Crippen LogP contribution in [-0.2, 0) is 4.79 Å². The van der Waals surface area contributed by atoms with E-state index in [1.807, 2.05) is 30.3 Å². The van der Waals surface area contributed by atoms with E-state index in [4.69, 9.17) is 0 Å². The van der Waals surface area contributed by atoms with Gasteiger partial charge in [-0.25, -0.2) is 4.79 Å². The molecule has 1 saturated heterocycles. The van der Waals surface area contributed by atoms with Crippen molar-refractivity contribution in [3.8, 4) is 0 Å². The van der Waals surface area contributed by atoms with E-state index in [0.717, 1.165) is 31.4 Å². The van der Waals surface area contributed by atoms with Crippen LogP contribution in [0.5, 0.6) is 0 Å². The minimum absolute atomic E-state index is 0.0197.